The molecule has 2 aromatic rings. The summed E-state index contributed by atoms with van der Waals surface area (Å²) in [5.74, 6) is 1.33. The number of alkyl halides is 2. The lowest BCUT2D eigenvalue weighted by molar-refractivity contribution is -0.186. The third-order valence-electron chi connectivity index (χ3n) is 9.56. The average molecular weight is 527 g/mol. The van der Waals surface area contributed by atoms with Crippen molar-refractivity contribution >= 4 is 6.08 Å². The zero-order valence-corrected chi connectivity index (χ0v) is 25.0. The first kappa shape index (κ1) is 30.1. The molecule has 1 nitrogen and oxygen atoms in total. The molecule has 0 saturated heterocycles. The van der Waals surface area contributed by atoms with Gasteiger partial charge in [-0.25, -0.2) is 4.39 Å². The van der Waals surface area contributed by atoms with Crippen molar-refractivity contribution in [3.8, 4) is 5.75 Å². The molecular weight excluding hydrogens is 481 g/mol. The van der Waals surface area contributed by atoms with E-state index in [9.17, 15) is 4.39 Å². The summed E-state index contributed by atoms with van der Waals surface area (Å²) in [4.78, 5) is 0. The van der Waals surface area contributed by atoms with Crippen LogP contribution in [0.5, 0.6) is 5.75 Å². The first-order valence-corrected chi connectivity index (χ1v) is 13.9. The average Bonchev–Trinajstić information content (AvgIpc) is 2.89. The molecule has 3 rings (SSSR count). The van der Waals surface area contributed by atoms with E-state index in [0.717, 1.165) is 76.6 Å². The second-order valence-corrected chi connectivity index (χ2v) is 11.6. The fourth-order valence-electron chi connectivity index (χ4n) is 6.24. The Morgan fingerprint density at radius 1 is 0.737 bits per heavy atom. The second-order valence-electron chi connectivity index (χ2n) is 11.6. The molecule has 4 heteroatoms. The highest BCUT2D eigenvalue weighted by molar-refractivity contribution is 5.67. The first-order chi connectivity index (χ1) is 17.7. The van der Waals surface area contributed by atoms with E-state index in [2.05, 4.69) is 13.0 Å². The third kappa shape index (κ3) is 5.75. The van der Waals surface area contributed by atoms with Gasteiger partial charge in [0.15, 0.2) is 0 Å². The van der Waals surface area contributed by atoms with Crippen LogP contribution in [0.3, 0.4) is 0 Å². The molecule has 0 spiro atoms. The van der Waals surface area contributed by atoms with Crippen LogP contribution in [0.25, 0.3) is 6.08 Å². The van der Waals surface area contributed by atoms with Crippen molar-refractivity contribution in [3.63, 3.8) is 0 Å². The minimum Gasteiger partial charge on any atom is -0.428 e. The molecule has 0 bridgehead atoms. The van der Waals surface area contributed by atoms with Crippen LogP contribution in [0.15, 0.2) is 18.0 Å². The van der Waals surface area contributed by atoms with Gasteiger partial charge >= 0.3 is 6.11 Å². The van der Waals surface area contributed by atoms with Crippen molar-refractivity contribution in [2.24, 2.45) is 11.8 Å². The van der Waals surface area contributed by atoms with Crippen molar-refractivity contribution in [1.29, 1.82) is 0 Å². The van der Waals surface area contributed by atoms with Gasteiger partial charge in [0.25, 0.3) is 0 Å². The number of hydrogen-bond donors (Lipinski definition) is 0. The summed E-state index contributed by atoms with van der Waals surface area (Å²) < 4.78 is 49.8. The normalized spacial score (nSPS) is 18.9. The molecule has 0 aliphatic heterocycles. The van der Waals surface area contributed by atoms with E-state index in [1.54, 1.807) is 19.9 Å². The number of rotatable bonds is 7. The predicted molar refractivity (Wildman–Crippen MR) is 154 cm³/mol. The van der Waals surface area contributed by atoms with Crippen LogP contribution in [-0.2, 0) is 6.11 Å². The second kappa shape index (κ2) is 11.7. The molecule has 0 atom stereocenters. The number of allylic oxidation sites excluding steroid dienone is 2. The lowest BCUT2D eigenvalue weighted by atomic mass is 9.77. The molecule has 0 radical (unpaired) electrons. The van der Waals surface area contributed by atoms with Gasteiger partial charge in [-0.3, -0.25) is 0 Å². The standard InChI is InChI=1S/C34H45F3O/c1-19(30-15-13-29(14-16-30)12-11-17-35)18-31-23(5)27(9)33(28(10)24(31)6)38-34(36,37)32-25(7)21(3)20(2)22(4)26(32)8/h11,17-18,29-30H,12-16H2,1-10H3/b17-11+,19-18+. The number of halogens is 3. The third-order valence-corrected chi connectivity index (χ3v) is 9.56. The van der Waals surface area contributed by atoms with Crippen LogP contribution in [-0.4, -0.2) is 0 Å². The predicted octanol–water partition coefficient (Wildman–Crippen LogP) is 10.7. The summed E-state index contributed by atoms with van der Waals surface area (Å²) >= 11 is 0. The van der Waals surface area contributed by atoms with Crippen LogP contribution in [0.1, 0.15) is 100 Å². The van der Waals surface area contributed by atoms with Gasteiger partial charge in [0.1, 0.15) is 5.75 Å². The molecule has 1 saturated carbocycles. The van der Waals surface area contributed by atoms with Gasteiger partial charge in [-0.15, -0.1) is 0 Å². The molecular formula is C34H45F3O. The Hall–Kier alpha value is -2.49. The van der Waals surface area contributed by atoms with Crippen LogP contribution < -0.4 is 4.74 Å². The number of ether oxygens (including phenoxy) is 1. The van der Waals surface area contributed by atoms with Crippen LogP contribution >= 0.6 is 0 Å². The zero-order chi connectivity index (χ0) is 28.5. The Balaban J connectivity index is 1.95. The fourth-order valence-corrected chi connectivity index (χ4v) is 6.24. The summed E-state index contributed by atoms with van der Waals surface area (Å²) in [5.41, 5.74) is 9.86. The zero-order valence-electron chi connectivity index (χ0n) is 25.0. The van der Waals surface area contributed by atoms with Crippen molar-refractivity contribution in [2.45, 2.75) is 107 Å². The molecule has 38 heavy (non-hydrogen) atoms. The maximum Gasteiger partial charge on any atom is 0.427 e. The summed E-state index contributed by atoms with van der Waals surface area (Å²) in [6.07, 6.45) is 6.31. The van der Waals surface area contributed by atoms with Gasteiger partial charge in [-0.1, -0.05) is 17.7 Å². The van der Waals surface area contributed by atoms with Crippen LogP contribution in [0, 0.1) is 74.1 Å². The van der Waals surface area contributed by atoms with Crippen LogP contribution in [0.2, 0.25) is 0 Å². The van der Waals surface area contributed by atoms with Gasteiger partial charge in [0.2, 0.25) is 0 Å². The minimum atomic E-state index is -3.45. The summed E-state index contributed by atoms with van der Waals surface area (Å²) in [7, 11) is 0. The lowest BCUT2D eigenvalue weighted by Gasteiger charge is -2.29. The monoisotopic (exact) mass is 526 g/mol. The van der Waals surface area contributed by atoms with E-state index in [1.165, 1.54) is 5.57 Å². The van der Waals surface area contributed by atoms with Crippen molar-refractivity contribution in [2.75, 3.05) is 0 Å². The Labute approximate surface area is 228 Å². The molecule has 208 valence electrons. The molecule has 0 heterocycles. The smallest absolute Gasteiger partial charge is 0.427 e. The largest absolute Gasteiger partial charge is 0.428 e. The van der Waals surface area contributed by atoms with Gasteiger partial charge in [-0.05, 0) is 169 Å². The minimum absolute atomic E-state index is 0.0235. The molecule has 0 aromatic heterocycles. The quantitative estimate of drug-likeness (QED) is 0.349. The lowest BCUT2D eigenvalue weighted by Crippen LogP contribution is -2.27. The van der Waals surface area contributed by atoms with Gasteiger partial charge < -0.3 is 4.74 Å². The Morgan fingerprint density at radius 2 is 1.21 bits per heavy atom. The maximum atomic E-state index is 15.9. The molecule has 2 aromatic carbocycles. The topological polar surface area (TPSA) is 9.23 Å². The van der Waals surface area contributed by atoms with Gasteiger partial charge in [0.05, 0.1) is 11.9 Å². The van der Waals surface area contributed by atoms with E-state index in [1.807, 2.05) is 48.5 Å². The molecule has 1 aliphatic rings. The summed E-state index contributed by atoms with van der Waals surface area (Å²) in [6, 6.07) is 0. The number of hydrogen-bond acceptors (Lipinski definition) is 1. The Morgan fingerprint density at radius 3 is 1.68 bits per heavy atom. The number of benzene rings is 2. The van der Waals surface area contributed by atoms with E-state index in [0.29, 0.717) is 29.3 Å². The van der Waals surface area contributed by atoms with Gasteiger partial charge in [0, 0.05) is 0 Å². The molecule has 0 N–H and O–H groups in total. The Kier molecular flexibility index (Phi) is 9.27. The molecule has 0 unspecified atom stereocenters. The van der Waals surface area contributed by atoms with E-state index in [4.69, 9.17) is 4.74 Å². The van der Waals surface area contributed by atoms with Crippen molar-refractivity contribution in [1.82, 2.24) is 0 Å². The first-order valence-electron chi connectivity index (χ1n) is 13.9. The summed E-state index contributed by atoms with van der Waals surface area (Å²) in [6.45, 7) is 19.3. The van der Waals surface area contributed by atoms with Crippen LogP contribution in [0.4, 0.5) is 13.2 Å². The molecule has 0 amide bonds. The van der Waals surface area contributed by atoms with Crippen molar-refractivity contribution in [3.05, 3.63) is 79.2 Å². The molecule has 1 fully saturated rings. The van der Waals surface area contributed by atoms with E-state index >= 15 is 8.78 Å². The fraction of sp³-hybridized carbons (Fsp3) is 0.529. The van der Waals surface area contributed by atoms with Crippen molar-refractivity contribution < 1.29 is 17.9 Å². The highest BCUT2D eigenvalue weighted by atomic mass is 19.3. The van der Waals surface area contributed by atoms with E-state index < -0.39 is 6.11 Å². The van der Waals surface area contributed by atoms with Gasteiger partial charge in [-0.2, -0.15) is 8.78 Å². The SMILES string of the molecule is C/C(=C\c1c(C)c(C)c(OC(F)(F)c2c(C)c(C)c(C)c(C)c2C)c(C)c1C)C1CCC(C/C=C/F)CC1. The van der Waals surface area contributed by atoms with E-state index in [-0.39, 0.29) is 11.3 Å². The maximum absolute atomic E-state index is 15.9. The summed E-state index contributed by atoms with van der Waals surface area (Å²) in [5, 5.41) is 0. The Bertz CT molecular complexity index is 1200. The highest BCUT2D eigenvalue weighted by Crippen LogP contribution is 2.43. The molecule has 1 aliphatic carbocycles. The highest BCUT2D eigenvalue weighted by Gasteiger charge is 2.40.